The molecule has 0 saturated heterocycles. The highest BCUT2D eigenvalue weighted by Crippen LogP contribution is 2.16. The lowest BCUT2D eigenvalue weighted by Gasteiger charge is -2.23. The molecule has 7 heteroatoms. The van der Waals surface area contributed by atoms with E-state index in [-0.39, 0.29) is 6.42 Å². The summed E-state index contributed by atoms with van der Waals surface area (Å²) in [5.41, 5.74) is 1.81. The van der Waals surface area contributed by atoms with Crippen LogP contribution in [0.1, 0.15) is 5.56 Å². The molecule has 1 rings (SSSR count). The summed E-state index contributed by atoms with van der Waals surface area (Å²) in [4.78, 5) is 23.4. The molecule has 1 aromatic rings. The number of nitrogens with one attached hydrogen (secondary N) is 1. The van der Waals surface area contributed by atoms with Crippen LogP contribution in [-0.2, 0) is 16.0 Å². The maximum atomic E-state index is 11.0. The predicted octanol–water partition coefficient (Wildman–Crippen LogP) is 1.71. The van der Waals surface area contributed by atoms with Gasteiger partial charge in [-0.25, -0.2) is 4.79 Å². The lowest BCUT2D eigenvalue weighted by atomic mass is 10.1. The number of aliphatic carboxylic acids is 1. The van der Waals surface area contributed by atoms with Crippen LogP contribution in [0.3, 0.4) is 0 Å². The van der Waals surface area contributed by atoms with Crippen molar-refractivity contribution in [3.05, 3.63) is 29.8 Å². The minimum atomic E-state index is -1.06. The fourth-order valence-corrected chi connectivity index (χ4v) is 2.36. The van der Waals surface area contributed by atoms with Crippen molar-refractivity contribution in [3.63, 3.8) is 0 Å². The van der Waals surface area contributed by atoms with Crippen LogP contribution in [0, 0.1) is 0 Å². The first kappa shape index (κ1) is 17.6. The van der Waals surface area contributed by atoms with Crippen LogP contribution in [-0.4, -0.2) is 48.4 Å². The average molecular weight is 333 g/mol. The Morgan fingerprint density at radius 3 is 2.24 bits per heavy atom. The molecule has 0 aliphatic heterocycles. The Hall–Kier alpha value is -1.46. The molecule has 0 spiro atoms. The van der Waals surface area contributed by atoms with E-state index in [2.05, 4.69) is 10.2 Å². The number of anilines is 1. The van der Waals surface area contributed by atoms with Crippen LogP contribution in [0.5, 0.6) is 0 Å². The van der Waals surface area contributed by atoms with Gasteiger partial charge in [0.1, 0.15) is 6.04 Å². The van der Waals surface area contributed by atoms with Crippen molar-refractivity contribution in [2.45, 2.75) is 12.5 Å². The molecule has 0 fully saturated rings. The normalized spacial score (nSPS) is 11.7. The predicted molar refractivity (Wildman–Crippen MR) is 84.4 cm³/mol. The highest BCUT2D eigenvalue weighted by atomic mass is 35.5. The molecule has 21 heavy (non-hydrogen) atoms. The topological polar surface area (TPSA) is 69.6 Å². The van der Waals surface area contributed by atoms with E-state index in [0.29, 0.717) is 31.3 Å². The second-order valence-electron chi connectivity index (χ2n) is 4.41. The number of nitrogens with zero attached hydrogens (tertiary/aromatic N) is 1. The number of amides is 1. The van der Waals surface area contributed by atoms with Gasteiger partial charge in [0.15, 0.2) is 0 Å². The Morgan fingerprint density at radius 1 is 1.24 bits per heavy atom. The maximum Gasteiger partial charge on any atom is 0.326 e. The summed E-state index contributed by atoms with van der Waals surface area (Å²) < 4.78 is 0. The van der Waals surface area contributed by atoms with Crippen LogP contribution in [0.4, 0.5) is 5.69 Å². The molecular weight excluding hydrogens is 315 g/mol. The molecule has 0 radical (unpaired) electrons. The van der Waals surface area contributed by atoms with E-state index in [4.69, 9.17) is 28.3 Å². The molecule has 116 valence electrons. The van der Waals surface area contributed by atoms with Crippen molar-refractivity contribution in [2.24, 2.45) is 0 Å². The Morgan fingerprint density at radius 2 is 1.81 bits per heavy atom. The number of hydrogen-bond donors (Lipinski definition) is 2. The lowest BCUT2D eigenvalue weighted by Crippen LogP contribution is -2.37. The van der Waals surface area contributed by atoms with Crippen molar-refractivity contribution in [2.75, 3.05) is 29.7 Å². The number of hydrogen-bond acceptors (Lipinski definition) is 3. The number of alkyl halides is 2. The van der Waals surface area contributed by atoms with Crippen molar-refractivity contribution in [1.82, 2.24) is 5.32 Å². The smallest absolute Gasteiger partial charge is 0.326 e. The maximum absolute atomic E-state index is 11.0. The van der Waals surface area contributed by atoms with Crippen LogP contribution in [0.2, 0.25) is 0 Å². The molecule has 0 saturated carbocycles. The van der Waals surface area contributed by atoms with Crippen LogP contribution in [0.25, 0.3) is 0 Å². The zero-order chi connectivity index (χ0) is 15.7. The van der Waals surface area contributed by atoms with Gasteiger partial charge in [0.05, 0.1) is 0 Å². The molecule has 0 unspecified atom stereocenters. The zero-order valence-electron chi connectivity index (χ0n) is 11.5. The van der Waals surface area contributed by atoms with E-state index in [1.165, 1.54) is 0 Å². The Bertz CT molecular complexity index is 448. The number of carbonyl (C=O) groups is 2. The number of benzene rings is 1. The van der Waals surface area contributed by atoms with Gasteiger partial charge < -0.3 is 15.3 Å². The highest BCUT2D eigenvalue weighted by Gasteiger charge is 2.16. The van der Waals surface area contributed by atoms with Gasteiger partial charge in [-0.3, -0.25) is 4.79 Å². The fourth-order valence-electron chi connectivity index (χ4n) is 1.95. The van der Waals surface area contributed by atoms with Gasteiger partial charge in [-0.15, -0.1) is 23.2 Å². The summed E-state index contributed by atoms with van der Waals surface area (Å²) in [6.45, 7) is 1.39. The first-order chi connectivity index (χ1) is 10.1. The number of carboxylic acid groups (broad SMARTS) is 1. The van der Waals surface area contributed by atoms with Crippen LogP contribution >= 0.6 is 23.2 Å². The quantitative estimate of drug-likeness (QED) is 0.505. The Balaban J connectivity index is 2.75. The molecule has 5 nitrogen and oxygen atoms in total. The number of rotatable bonds is 10. The van der Waals surface area contributed by atoms with E-state index in [1.54, 1.807) is 0 Å². The van der Waals surface area contributed by atoms with Gasteiger partial charge in [-0.05, 0) is 17.7 Å². The third-order valence-corrected chi connectivity index (χ3v) is 3.36. The summed E-state index contributed by atoms with van der Waals surface area (Å²) in [5, 5.41) is 11.3. The molecular formula is C14H18Cl2N2O3. The largest absolute Gasteiger partial charge is 0.480 e. The second-order valence-corrected chi connectivity index (χ2v) is 5.17. The van der Waals surface area contributed by atoms with Crippen molar-refractivity contribution in [1.29, 1.82) is 0 Å². The first-order valence-corrected chi connectivity index (χ1v) is 7.57. The number of halogens is 2. The molecule has 0 aliphatic rings. The summed E-state index contributed by atoms with van der Waals surface area (Å²) in [6, 6.07) is 6.55. The molecule has 0 aliphatic carbocycles. The minimum Gasteiger partial charge on any atom is -0.480 e. The van der Waals surface area contributed by atoms with Gasteiger partial charge in [0, 0.05) is 37.0 Å². The van der Waals surface area contributed by atoms with E-state index in [0.717, 1.165) is 11.3 Å². The van der Waals surface area contributed by atoms with E-state index >= 15 is 0 Å². The summed E-state index contributed by atoms with van der Waals surface area (Å²) in [6.07, 6.45) is 0.634. The second kappa shape index (κ2) is 9.47. The Labute approximate surface area is 133 Å². The third-order valence-electron chi connectivity index (χ3n) is 3.02. The highest BCUT2D eigenvalue weighted by molar-refractivity contribution is 6.18. The molecule has 1 amide bonds. The van der Waals surface area contributed by atoms with Gasteiger partial charge in [-0.2, -0.15) is 0 Å². The lowest BCUT2D eigenvalue weighted by molar-refractivity contribution is -0.140. The fraction of sp³-hybridized carbons (Fsp3) is 0.429. The molecule has 2 N–H and O–H groups in total. The third kappa shape index (κ3) is 5.81. The van der Waals surface area contributed by atoms with Crippen molar-refractivity contribution in [3.8, 4) is 0 Å². The van der Waals surface area contributed by atoms with E-state index in [1.807, 2.05) is 24.3 Å². The van der Waals surface area contributed by atoms with E-state index < -0.39 is 12.0 Å². The Kier molecular flexibility index (Phi) is 7.93. The van der Waals surface area contributed by atoms with Gasteiger partial charge in [-0.1, -0.05) is 12.1 Å². The average Bonchev–Trinajstić information content (AvgIpc) is 2.47. The number of carboxylic acids is 1. The molecule has 0 bridgehead atoms. The van der Waals surface area contributed by atoms with Gasteiger partial charge in [0.25, 0.3) is 0 Å². The van der Waals surface area contributed by atoms with Crippen molar-refractivity contribution >= 4 is 41.3 Å². The molecule has 0 heterocycles. The van der Waals surface area contributed by atoms with Crippen molar-refractivity contribution < 1.29 is 14.7 Å². The standard InChI is InChI=1S/C14H18Cl2N2O3/c15-5-7-18(8-6-16)12-3-1-11(2-4-12)9-13(14(20)21)17-10-19/h1-4,10,13H,5-9H2,(H,17,19)(H,20,21)/t13-/m0/s1. The summed E-state index contributed by atoms with van der Waals surface area (Å²) in [5.74, 6) is -0.0523. The first-order valence-electron chi connectivity index (χ1n) is 6.50. The van der Waals surface area contributed by atoms with Crippen LogP contribution < -0.4 is 10.2 Å². The van der Waals surface area contributed by atoms with Gasteiger partial charge >= 0.3 is 5.97 Å². The zero-order valence-corrected chi connectivity index (χ0v) is 13.0. The minimum absolute atomic E-state index is 0.235. The van der Waals surface area contributed by atoms with Crippen LogP contribution in [0.15, 0.2) is 24.3 Å². The van der Waals surface area contributed by atoms with Gasteiger partial charge in [0.2, 0.25) is 6.41 Å². The summed E-state index contributed by atoms with van der Waals surface area (Å²) >= 11 is 11.5. The molecule has 1 atom stereocenters. The van der Waals surface area contributed by atoms with E-state index in [9.17, 15) is 9.59 Å². The number of carbonyl (C=O) groups excluding carboxylic acids is 1. The molecule has 0 aromatic heterocycles. The SMILES string of the molecule is O=CN[C@@H](Cc1ccc(N(CCCl)CCCl)cc1)C(=O)O. The monoisotopic (exact) mass is 332 g/mol. The molecule has 1 aromatic carbocycles. The summed E-state index contributed by atoms with van der Waals surface area (Å²) in [7, 11) is 0.